The molecule has 12 heteroatoms. The van der Waals surface area contributed by atoms with Crippen LogP contribution in [0, 0.1) is 15.9 Å². The van der Waals surface area contributed by atoms with Crippen LogP contribution in [0.15, 0.2) is 114 Å². The Morgan fingerprint density at radius 3 is 2.18 bits per heavy atom. The van der Waals surface area contributed by atoms with Crippen LogP contribution in [0.1, 0.15) is 18.1 Å². The number of amides is 2. The molecule has 0 aliphatic heterocycles. The zero-order valence-corrected chi connectivity index (χ0v) is 24.7. The summed E-state index contributed by atoms with van der Waals surface area (Å²) in [6.07, 6.45) is 0.0646. The molecular weight excluding hydrogens is 587 g/mol. The molecule has 0 aromatic heterocycles. The molecule has 4 aromatic carbocycles. The molecule has 2 amide bonds. The van der Waals surface area contributed by atoms with Crippen LogP contribution in [0.5, 0.6) is 0 Å². The predicted molar refractivity (Wildman–Crippen MR) is 164 cm³/mol. The van der Waals surface area contributed by atoms with Crippen LogP contribution < -0.4 is 9.62 Å². The molecule has 0 aliphatic carbocycles. The summed E-state index contributed by atoms with van der Waals surface area (Å²) < 4.78 is 43.5. The number of halogens is 1. The lowest BCUT2D eigenvalue weighted by molar-refractivity contribution is -0.384. The zero-order chi connectivity index (χ0) is 31.7. The average molecular weight is 619 g/mol. The van der Waals surface area contributed by atoms with Crippen molar-refractivity contribution in [3.05, 3.63) is 136 Å². The number of carbonyl (C=O) groups is 2. The third-order valence-electron chi connectivity index (χ3n) is 6.86. The van der Waals surface area contributed by atoms with Gasteiger partial charge < -0.3 is 10.2 Å². The van der Waals surface area contributed by atoms with Crippen molar-refractivity contribution < 1.29 is 27.3 Å². The summed E-state index contributed by atoms with van der Waals surface area (Å²) in [6, 6.07) is 25.8. The number of nitro benzene ring substituents is 1. The fourth-order valence-electron chi connectivity index (χ4n) is 4.67. The number of rotatable bonds is 13. The van der Waals surface area contributed by atoms with Crippen molar-refractivity contribution in [2.75, 3.05) is 17.4 Å². The summed E-state index contributed by atoms with van der Waals surface area (Å²) in [6.45, 7) is 0.816. The Hall–Kier alpha value is -5.10. The van der Waals surface area contributed by atoms with E-state index in [1.54, 1.807) is 49.4 Å². The number of benzene rings is 4. The van der Waals surface area contributed by atoms with Gasteiger partial charge >= 0.3 is 0 Å². The topological polar surface area (TPSA) is 130 Å². The van der Waals surface area contributed by atoms with Crippen molar-refractivity contribution in [2.45, 2.75) is 30.8 Å². The minimum atomic E-state index is -4.43. The molecule has 0 spiro atoms. The van der Waals surface area contributed by atoms with Crippen LogP contribution in [0.3, 0.4) is 0 Å². The number of hydrogen-bond acceptors (Lipinski definition) is 6. The number of sulfonamides is 1. The van der Waals surface area contributed by atoms with Gasteiger partial charge in [-0.3, -0.25) is 24.0 Å². The van der Waals surface area contributed by atoms with E-state index in [4.69, 9.17) is 0 Å². The second kappa shape index (κ2) is 14.4. The van der Waals surface area contributed by atoms with Crippen molar-refractivity contribution in [3.8, 4) is 0 Å². The summed E-state index contributed by atoms with van der Waals surface area (Å²) >= 11 is 0. The third-order valence-corrected chi connectivity index (χ3v) is 8.65. The third kappa shape index (κ3) is 7.64. The summed E-state index contributed by atoms with van der Waals surface area (Å²) in [5, 5.41) is 14.3. The van der Waals surface area contributed by atoms with E-state index in [1.165, 1.54) is 60.7 Å². The zero-order valence-electron chi connectivity index (χ0n) is 23.9. The highest BCUT2D eigenvalue weighted by molar-refractivity contribution is 7.92. The van der Waals surface area contributed by atoms with Crippen LogP contribution in [0.4, 0.5) is 15.8 Å². The van der Waals surface area contributed by atoms with Crippen LogP contribution >= 0.6 is 0 Å². The highest BCUT2D eigenvalue weighted by Crippen LogP contribution is 2.28. The van der Waals surface area contributed by atoms with Crippen LogP contribution in [0.25, 0.3) is 0 Å². The molecule has 44 heavy (non-hydrogen) atoms. The van der Waals surface area contributed by atoms with Crippen molar-refractivity contribution in [3.63, 3.8) is 0 Å². The largest absolute Gasteiger partial charge is 0.355 e. The molecule has 228 valence electrons. The summed E-state index contributed by atoms with van der Waals surface area (Å²) in [5.41, 5.74) is 0.342. The Bertz CT molecular complexity index is 1720. The maximum Gasteiger partial charge on any atom is 0.271 e. The highest BCUT2D eigenvalue weighted by atomic mass is 32.2. The highest BCUT2D eigenvalue weighted by Gasteiger charge is 2.35. The Labute approximate surface area is 254 Å². The van der Waals surface area contributed by atoms with Crippen molar-refractivity contribution in [1.82, 2.24) is 10.2 Å². The number of nitro groups is 1. The average Bonchev–Trinajstić information content (AvgIpc) is 3.03. The number of non-ortho nitro benzene ring substituents is 1. The minimum absolute atomic E-state index is 0.0646. The van der Waals surface area contributed by atoms with Gasteiger partial charge in [-0.15, -0.1) is 0 Å². The summed E-state index contributed by atoms with van der Waals surface area (Å²) in [7, 11) is -4.43. The monoisotopic (exact) mass is 618 g/mol. The standard InChI is InChI=1S/C32H31FN4O6S/c1-2-34-32(39)30(20-24-12-5-3-6-13-24)35(22-25-14-9-10-19-29(25)33)31(38)23-36(26-15-11-16-27(21-26)37(40)41)44(42,43)28-17-7-4-8-18-28/h3-19,21,30H,2,20,22-23H2,1H3,(H,34,39)/t30-/m1/s1. The van der Waals surface area contributed by atoms with Gasteiger partial charge in [0.25, 0.3) is 15.7 Å². The summed E-state index contributed by atoms with van der Waals surface area (Å²) in [4.78, 5) is 39.6. The first-order valence-corrected chi connectivity index (χ1v) is 15.2. The van der Waals surface area contributed by atoms with Gasteiger partial charge in [0.05, 0.1) is 15.5 Å². The number of carbonyl (C=O) groups excluding carboxylic acids is 2. The van der Waals surface area contributed by atoms with Crippen LogP contribution in [-0.4, -0.2) is 49.2 Å². The SMILES string of the molecule is CCNC(=O)[C@@H](Cc1ccccc1)N(Cc1ccccc1F)C(=O)CN(c1cccc([N+](=O)[O-])c1)S(=O)(=O)c1ccccc1. The lowest BCUT2D eigenvalue weighted by Gasteiger charge is -2.33. The number of anilines is 1. The van der Waals surface area contributed by atoms with Crippen molar-refractivity contribution >= 4 is 33.2 Å². The molecule has 0 saturated heterocycles. The maximum atomic E-state index is 14.9. The van der Waals surface area contributed by atoms with Crippen LogP contribution in [-0.2, 0) is 32.6 Å². The Kier molecular flexibility index (Phi) is 10.4. The molecule has 1 N–H and O–H groups in total. The fourth-order valence-corrected chi connectivity index (χ4v) is 6.09. The Morgan fingerprint density at radius 2 is 1.55 bits per heavy atom. The molecule has 0 bridgehead atoms. The van der Waals surface area contributed by atoms with Crippen molar-refractivity contribution in [2.24, 2.45) is 0 Å². The second-order valence-corrected chi connectivity index (χ2v) is 11.7. The maximum absolute atomic E-state index is 14.9. The van der Waals surface area contributed by atoms with E-state index in [0.717, 1.165) is 20.8 Å². The fraction of sp³-hybridized carbons (Fsp3) is 0.188. The quantitative estimate of drug-likeness (QED) is 0.171. The normalized spacial score (nSPS) is 11.8. The first-order valence-electron chi connectivity index (χ1n) is 13.8. The van der Waals surface area contributed by atoms with Crippen molar-refractivity contribution in [1.29, 1.82) is 0 Å². The van der Waals surface area contributed by atoms with Gasteiger partial charge in [-0.25, -0.2) is 12.8 Å². The molecule has 0 radical (unpaired) electrons. The molecule has 0 fully saturated rings. The van der Waals surface area contributed by atoms with Gasteiger partial charge in [0.2, 0.25) is 11.8 Å². The molecule has 0 unspecified atom stereocenters. The molecule has 10 nitrogen and oxygen atoms in total. The van der Waals surface area contributed by atoms with Gasteiger partial charge in [-0.1, -0.05) is 72.8 Å². The first kappa shape index (κ1) is 31.8. The molecule has 0 heterocycles. The van der Waals surface area contributed by atoms with Gasteiger partial charge in [-0.05, 0) is 36.8 Å². The van der Waals surface area contributed by atoms with Crippen LogP contribution in [0.2, 0.25) is 0 Å². The molecule has 0 aliphatic rings. The van der Waals surface area contributed by atoms with E-state index < -0.39 is 45.2 Å². The Morgan fingerprint density at radius 1 is 0.909 bits per heavy atom. The molecular formula is C32H31FN4O6S. The van der Waals surface area contributed by atoms with Gasteiger partial charge in [-0.2, -0.15) is 0 Å². The summed E-state index contributed by atoms with van der Waals surface area (Å²) in [5.74, 6) is -1.92. The predicted octanol–water partition coefficient (Wildman–Crippen LogP) is 4.71. The number of nitrogens with zero attached hydrogens (tertiary/aromatic N) is 3. The van der Waals surface area contributed by atoms with E-state index in [0.29, 0.717) is 0 Å². The van der Waals surface area contributed by atoms with E-state index in [2.05, 4.69) is 5.32 Å². The minimum Gasteiger partial charge on any atom is -0.355 e. The smallest absolute Gasteiger partial charge is 0.271 e. The lowest BCUT2D eigenvalue weighted by atomic mass is 10.0. The van der Waals surface area contributed by atoms with Gasteiger partial charge in [0.15, 0.2) is 0 Å². The first-order chi connectivity index (χ1) is 21.1. The second-order valence-electron chi connectivity index (χ2n) is 9.81. The van der Waals surface area contributed by atoms with E-state index in [-0.39, 0.29) is 41.3 Å². The molecule has 0 saturated carbocycles. The van der Waals surface area contributed by atoms with E-state index in [1.807, 2.05) is 0 Å². The molecule has 1 atom stereocenters. The Balaban J connectivity index is 1.83. The molecule has 4 rings (SSSR count). The number of hydrogen-bond donors (Lipinski definition) is 1. The number of nitrogens with one attached hydrogen (secondary N) is 1. The van der Waals surface area contributed by atoms with Gasteiger partial charge in [0, 0.05) is 37.2 Å². The lowest BCUT2D eigenvalue weighted by Crippen LogP contribution is -2.53. The van der Waals surface area contributed by atoms with E-state index in [9.17, 15) is 32.5 Å². The number of likely N-dealkylation sites (N-methyl/N-ethyl adjacent to an activating group) is 1. The van der Waals surface area contributed by atoms with Gasteiger partial charge in [0.1, 0.15) is 18.4 Å². The molecule has 4 aromatic rings. The van der Waals surface area contributed by atoms with E-state index >= 15 is 0 Å².